The molecule has 338 valence electrons. The summed E-state index contributed by atoms with van der Waals surface area (Å²) < 4.78 is 26.6. The van der Waals surface area contributed by atoms with Crippen molar-refractivity contribution in [1.82, 2.24) is 4.90 Å². The number of non-ortho nitro benzene ring substituents is 1. The van der Waals surface area contributed by atoms with E-state index in [4.69, 9.17) is 23.8 Å². The van der Waals surface area contributed by atoms with Crippen molar-refractivity contribution in [2.24, 2.45) is 22.9 Å². The van der Waals surface area contributed by atoms with Crippen LogP contribution in [0.1, 0.15) is 73.1 Å². The number of hydrogen-bond donors (Lipinski definition) is 3. The molecular formula is C49H61N3O11. The van der Waals surface area contributed by atoms with Crippen molar-refractivity contribution in [3.05, 3.63) is 123 Å². The van der Waals surface area contributed by atoms with E-state index < -0.39 is 28.6 Å². The van der Waals surface area contributed by atoms with Crippen molar-refractivity contribution in [2.75, 3.05) is 53.3 Å². The summed E-state index contributed by atoms with van der Waals surface area (Å²) in [6, 6.07) is 16.9. The van der Waals surface area contributed by atoms with Crippen LogP contribution in [0.15, 0.2) is 96.2 Å². The van der Waals surface area contributed by atoms with Gasteiger partial charge in [-0.25, -0.2) is 0 Å². The summed E-state index contributed by atoms with van der Waals surface area (Å²) >= 11 is 0. The lowest BCUT2D eigenvalue weighted by atomic mass is 9.55. The first-order valence-electron chi connectivity index (χ1n) is 21.9. The first-order chi connectivity index (χ1) is 30.6. The second-order valence-electron chi connectivity index (χ2n) is 16.4. The molecule has 3 aromatic rings. The van der Waals surface area contributed by atoms with Crippen molar-refractivity contribution >= 4 is 23.4 Å². The summed E-state index contributed by atoms with van der Waals surface area (Å²) in [7, 11) is 1.50. The minimum absolute atomic E-state index is 0.0110. The topological polar surface area (TPSA) is 183 Å². The van der Waals surface area contributed by atoms with Gasteiger partial charge in [-0.2, -0.15) is 0 Å². The third-order valence-corrected chi connectivity index (χ3v) is 12.5. The predicted molar refractivity (Wildman–Crippen MR) is 240 cm³/mol. The molecule has 0 bridgehead atoms. The van der Waals surface area contributed by atoms with Gasteiger partial charge in [0.1, 0.15) is 30.4 Å². The van der Waals surface area contributed by atoms with Gasteiger partial charge in [0.05, 0.1) is 43.0 Å². The van der Waals surface area contributed by atoms with Crippen molar-refractivity contribution in [3.63, 3.8) is 0 Å². The second-order valence-corrected chi connectivity index (χ2v) is 16.4. The maximum absolute atomic E-state index is 14.8. The van der Waals surface area contributed by atoms with E-state index >= 15 is 0 Å². The Morgan fingerprint density at radius 1 is 0.968 bits per heavy atom. The van der Waals surface area contributed by atoms with Crippen LogP contribution < -0.4 is 9.47 Å². The molecular weight excluding hydrogens is 807 g/mol. The number of nitro benzene ring substituents is 1. The Hall–Kier alpha value is -5.38. The number of carbonyl (C=O) groups excluding carboxylic acids is 1. The van der Waals surface area contributed by atoms with Gasteiger partial charge >= 0.3 is 0 Å². The van der Waals surface area contributed by atoms with Crippen molar-refractivity contribution in [3.8, 4) is 17.2 Å². The molecule has 6 rings (SSSR count). The van der Waals surface area contributed by atoms with Crippen LogP contribution in [0.2, 0.25) is 0 Å². The van der Waals surface area contributed by atoms with Gasteiger partial charge in [-0.1, -0.05) is 36.2 Å². The Balaban J connectivity index is 1.55. The SMILES string of the molecule is C=CCO[C@@]12Oc3ccc(Oc4ccc(C)c(C)c4)cc3[C@H]3[C@H](CCCCO)[C@@H](CCCCO)C=C(C(=NOC)C[C@@H]1N(CCOCCO)C(=O)C=Cc1ccc([N+](=O)[O-])cc1)[C@H]32. The maximum Gasteiger partial charge on any atom is 0.269 e. The number of nitro groups is 1. The summed E-state index contributed by atoms with van der Waals surface area (Å²) in [4.78, 5) is 32.8. The van der Waals surface area contributed by atoms with Crippen LogP contribution in [-0.2, 0) is 19.1 Å². The highest BCUT2D eigenvalue weighted by Crippen LogP contribution is 2.62. The molecule has 0 spiro atoms. The fourth-order valence-corrected chi connectivity index (χ4v) is 9.46. The molecule has 1 heterocycles. The summed E-state index contributed by atoms with van der Waals surface area (Å²) in [6.45, 7) is 8.39. The molecule has 0 aromatic heterocycles. The van der Waals surface area contributed by atoms with Gasteiger partial charge in [-0.3, -0.25) is 14.9 Å². The van der Waals surface area contributed by atoms with Crippen LogP contribution >= 0.6 is 0 Å². The summed E-state index contributed by atoms with van der Waals surface area (Å²) in [6.07, 6.45) is 11.6. The fraction of sp³-hybridized carbons (Fsp3) is 0.469. The molecule has 3 N–H and O–H groups in total. The number of nitrogens with zero attached hydrogens (tertiary/aromatic N) is 3. The number of hydrogen-bond acceptors (Lipinski definition) is 12. The Labute approximate surface area is 369 Å². The quantitative estimate of drug-likeness (QED) is 0.0278. The number of ether oxygens (including phenoxy) is 4. The zero-order valence-corrected chi connectivity index (χ0v) is 36.5. The van der Waals surface area contributed by atoms with Crippen LogP contribution in [0.4, 0.5) is 5.69 Å². The fourth-order valence-electron chi connectivity index (χ4n) is 9.46. The van der Waals surface area contributed by atoms with Crippen LogP contribution in [0, 0.1) is 41.7 Å². The minimum atomic E-state index is -1.50. The first kappa shape index (κ1) is 47.1. The van der Waals surface area contributed by atoms with E-state index in [1.807, 2.05) is 37.3 Å². The van der Waals surface area contributed by atoms with Gasteiger partial charge in [0, 0.05) is 55.9 Å². The monoisotopic (exact) mass is 867 g/mol. The lowest BCUT2D eigenvalue weighted by Crippen LogP contribution is -2.70. The van der Waals surface area contributed by atoms with Crippen molar-refractivity contribution in [1.29, 1.82) is 0 Å². The van der Waals surface area contributed by atoms with E-state index in [1.54, 1.807) is 29.2 Å². The normalized spacial score (nSPS) is 23.0. The average Bonchev–Trinajstić information content (AvgIpc) is 3.28. The molecule has 14 heteroatoms. The molecule has 1 fully saturated rings. The van der Waals surface area contributed by atoms with E-state index in [0.717, 1.165) is 47.9 Å². The predicted octanol–water partition coefficient (Wildman–Crippen LogP) is 7.82. The number of aliphatic hydroxyl groups is 3. The molecule has 0 saturated heterocycles. The molecule has 63 heavy (non-hydrogen) atoms. The molecule has 1 amide bonds. The Morgan fingerprint density at radius 2 is 1.70 bits per heavy atom. The smallest absolute Gasteiger partial charge is 0.269 e. The van der Waals surface area contributed by atoms with Gasteiger partial charge in [-0.15, -0.1) is 6.58 Å². The van der Waals surface area contributed by atoms with Gasteiger partial charge < -0.3 is 44.0 Å². The average molecular weight is 868 g/mol. The molecule has 1 aliphatic heterocycles. The Morgan fingerprint density at radius 3 is 2.38 bits per heavy atom. The maximum atomic E-state index is 14.8. The van der Waals surface area contributed by atoms with E-state index in [1.165, 1.54) is 25.3 Å². The number of allylic oxidation sites excluding steroid dienone is 1. The number of amides is 1. The number of aryl methyl sites for hydroxylation is 2. The number of rotatable bonds is 23. The highest BCUT2D eigenvalue weighted by molar-refractivity contribution is 6.03. The molecule has 14 nitrogen and oxygen atoms in total. The first-order valence-corrected chi connectivity index (χ1v) is 21.9. The molecule has 0 radical (unpaired) electrons. The number of benzene rings is 3. The number of carbonyl (C=O) groups is 1. The van der Waals surface area contributed by atoms with E-state index in [-0.39, 0.29) is 76.0 Å². The molecule has 3 aliphatic rings. The Bertz CT molecular complexity index is 2140. The second kappa shape index (κ2) is 22.3. The Kier molecular flexibility index (Phi) is 16.7. The van der Waals surface area contributed by atoms with Gasteiger partial charge in [0.25, 0.3) is 5.69 Å². The van der Waals surface area contributed by atoms with Crippen molar-refractivity contribution in [2.45, 2.75) is 76.5 Å². The third kappa shape index (κ3) is 10.9. The van der Waals surface area contributed by atoms with Crippen LogP contribution in [0.5, 0.6) is 17.2 Å². The zero-order chi connectivity index (χ0) is 44.9. The van der Waals surface area contributed by atoms with Crippen LogP contribution in [0.3, 0.4) is 0 Å². The lowest BCUT2D eigenvalue weighted by molar-refractivity contribution is -0.384. The van der Waals surface area contributed by atoms with E-state index in [0.29, 0.717) is 41.4 Å². The summed E-state index contributed by atoms with van der Waals surface area (Å²) in [5.41, 5.74) is 5.24. The molecule has 1 saturated carbocycles. The number of oxime groups is 1. The minimum Gasteiger partial charge on any atom is -0.459 e. The lowest BCUT2D eigenvalue weighted by Gasteiger charge is -2.60. The van der Waals surface area contributed by atoms with E-state index in [2.05, 4.69) is 30.8 Å². The number of aliphatic hydroxyl groups excluding tert-OH is 3. The highest BCUT2D eigenvalue weighted by Gasteiger charge is 2.65. The molecule has 2 aliphatic carbocycles. The van der Waals surface area contributed by atoms with Crippen LogP contribution in [-0.4, -0.2) is 102 Å². The number of unbranched alkanes of at least 4 members (excludes halogenated alkanes) is 2. The van der Waals surface area contributed by atoms with Gasteiger partial charge in [-0.05, 0) is 122 Å². The van der Waals surface area contributed by atoms with Crippen LogP contribution in [0.25, 0.3) is 6.08 Å². The third-order valence-electron chi connectivity index (χ3n) is 12.5. The van der Waals surface area contributed by atoms with E-state index in [9.17, 15) is 30.2 Å². The molecule has 3 aromatic carbocycles. The molecule has 6 atom stereocenters. The van der Waals surface area contributed by atoms with Crippen molar-refractivity contribution < 1.29 is 48.8 Å². The highest BCUT2D eigenvalue weighted by atomic mass is 16.7. The standard InChI is InChI=1S/C49H61N3O11/c1-5-26-61-49-45(51(22-27-60-28-25-55)46(56)21-15-35-13-16-37(17-14-35)52(57)58)32-43(50-59-4)41-30-36(10-6-8-23-53)40(11-7-9-24-54)47(48(41)49)42-31-39(19-20-44(42)63-49)62-38-18-12-33(2)34(3)29-38/h5,12-21,29-31,36,40,45,47-48,53-55H,1,6-11,22-28,32H2,2-4H3/t36-,40+,45-,47+,48+,49+/m0/s1. The molecule has 0 unspecified atom stereocenters. The van der Waals surface area contributed by atoms with Gasteiger partial charge in [0.15, 0.2) is 0 Å². The van der Waals surface area contributed by atoms with Gasteiger partial charge in [0.2, 0.25) is 11.7 Å². The summed E-state index contributed by atoms with van der Waals surface area (Å²) in [5, 5.41) is 45.4. The largest absolute Gasteiger partial charge is 0.459 e. The summed E-state index contributed by atoms with van der Waals surface area (Å²) in [5.74, 6) is -0.707. The number of fused-ring (bicyclic) bond motifs is 2. The zero-order valence-electron chi connectivity index (χ0n) is 36.5.